The highest BCUT2D eigenvalue weighted by atomic mass is 35.5. The molecule has 0 bridgehead atoms. The predicted octanol–water partition coefficient (Wildman–Crippen LogP) is 2.86. The van der Waals surface area contributed by atoms with Crippen LogP contribution in [0.15, 0.2) is 23.7 Å². The highest BCUT2D eigenvalue weighted by Gasteiger charge is 2.44. The van der Waals surface area contributed by atoms with Gasteiger partial charge in [-0.05, 0) is 24.0 Å². The molecular weight excluding hydrogens is 516 g/mol. The van der Waals surface area contributed by atoms with E-state index < -0.39 is 29.5 Å². The number of carbonyl (C=O) groups excluding carboxylic acids is 3. The smallest absolute Gasteiger partial charge is 0.246 e. The van der Waals surface area contributed by atoms with Crippen LogP contribution in [0.2, 0.25) is 0 Å². The van der Waals surface area contributed by atoms with Crippen LogP contribution >= 0.6 is 22.9 Å². The first-order valence-corrected chi connectivity index (χ1v) is 13.6. The molecule has 11 heteroatoms. The molecule has 9 nitrogen and oxygen atoms in total. The second-order valence-corrected chi connectivity index (χ2v) is 11.5. The first kappa shape index (κ1) is 28.9. The Hall–Kier alpha value is -2.69. The molecule has 2 heterocycles. The molecule has 3 atom stereocenters. The van der Waals surface area contributed by atoms with Crippen LogP contribution in [0.3, 0.4) is 0 Å². The van der Waals surface area contributed by atoms with Gasteiger partial charge in [0.05, 0.1) is 28.1 Å². The van der Waals surface area contributed by atoms with Crippen LogP contribution in [0.4, 0.5) is 0 Å². The van der Waals surface area contributed by atoms with Gasteiger partial charge in [0, 0.05) is 32.0 Å². The number of likely N-dealkylation sites (tertiary alicyclic amines) is 1. The van der Waals surface area contributed by atoms with Crippen molar-refractivity contribution in [3.63, 3.8) is 0 Å². The van der Waals surface area contributed by atoms with Gasteiger partial charge in [0.1, 0.15) is 24.4 Å². The van der Waals surface area contributed by atoms with E-state index in [4.69, 9.17) is 16.3 Å². The molecule has 3 N–H and O–H groups in total. The Morgan fingerprint density at radius 1 is 1.32 bits per heavy atom. The number of rotatable bonds is 9. The molecule has 1 aromatic heterocycles. The molecular formula is C26H35ClN4O5S. The highest BCUT2D eigenvalue weighted by Crippen LogP contribution is 2.32. The molecule has 2 aromatic rings. The Kier molecular flexibility index (Phi) is 9.55. The number of halogens is 1. The number of aromatic nitrogens is 1. The fraction of sp³-hybridized carbons (Fsp3) is 0.538. The second kappa shape index (κ2) is 12.2. The van der Waals surface area contributed by atoms with E-state index in [1.54, 1.807) is 5.51 Å². The number of aryl methyl sites for hydroxylation is 1. The maximum Gasteiger partial charge on any atom is 0.246 e. The maximum absolute atomic E-state index is 13.4. The van der Waals surface area contributed by atoms with Gasteiger partial charge in [0.15, 0.2) is 0 Å². The number of aliphatic hydroxyl groups is 1. The number of thiazole rings is 1. The summed E-state index contributed by atoms with van der Waals surface area (Å²) in [7, 11) is 0. The minimum Gasteiger partial charge on any atom is -0.492 e. The highest BCUT2D eigenvalue weighted by molar-refractivity contribution is 7.13. The SMILES string of the molecule is CC(=O)NC(C(=O)N1CC(O)CC1C(=O)NCc1ccc(-c2scnc2C)cc1OCCCl)C(C)(C)C. The fourth-order valence-corrected chi connectivity index (χ4v) is 5.21. The average molecular weight is 551 g/mol. The molecule has 1 aliphatic heterocycles. The largest absolute Gasteiger partial charge is 0.492 e. The van der Waals surface area contributed by atoms with Crippen molar-refractivity contribution in [1.82, 2.24) is 20.5 Å². The van der Waals surface area contributed by atoms with E-state index in [1.807, 2.05) is 45.9 Å². The molecule has 3 unspecified atom stereocenters. The Labute approximate surface area is 226 Å². The van der Waals surface area contributed by atoms with Crippen molar-refractivity contribution >= 4 is 40.7 Å². The summed E-state index contributed by atoms with van der Waals surface area (Å²) in [5.74, 6) is -0.198. The molecule has 1 aliphatic rings. The number of alkyl halides is 1. The Balaban J connectivity index is 1.77. The summed E-state index contributed by atoms with van der Waals surface area (Å²) in [4.78, 5) is 45.1. The van der Waals surface area contributed by atoms with Gasteiger partial charge in [0.2, 0.25) is 17.7 Å². The lowest BCUT2D eigenvalue weighted by Crippen LogP contribution is -2.57. The standard InChI is InChI=1S/C26H35ClN4O5S/c1-15-22(37-14-29-15)17-6-7-18(21(10-17)36-9-8-27)12-28-24(34)20-11-19(33)13-31(20)25(35)23(26(3,4)5)30-16(2)32/h6-7,10,14,19-20,23,33H,8-9,11-13H2,1-5H3,(H,28,34)(H,30,32). The summed E-state index contributed by atoms with van der Waals surface area (Å²) in [5.41, 5.74) is 3.85. The molecule has 0 aliphatic carbocycles. The first-order valence-electron chi connectivity index (χ1n) is 12.2. The number of benzene rings is 1. The fourth-order valence-electron chi connectivity index (χ4n) is 4.33. The van der Waals surface area contributed by atoms with Crippen LogP contribution in [0.1, 0.15) is 45.4 Å². The zero-order chi connectivity index (χ0) is 27.3. The van der Waals surface area contributed by atoms with Gasteiger partial charge in [0.25, 0.3) is 0 Å². The van der Waals surface area contributed by atoms with E-state index in [2.05, 4.69) is 15.6 Å². The summed E-state index contributed by atoms with van der Waals surface area (Å²) in [6, 6.07) is 4.06. The Morgan fingerprint density at radius 3 is 2.65 bits per heavy atom. The van der Waals surface area contributed by atoms with Gasteiger partial charge in [-0.1, -0.05) is 32.9 Å². The molecule has 1 fully saturated rings. The van der Waals surface area contributed by atoms with Gasteiger partial charge < -0.3 is 25.4 Å². The van der Waals surface area contributed by atoms with E-state index in [-0.39, 0.29) is 31.3 Å². The number of nitrogens with one attached hydrogen (secondary N) is 2. The Morgan fingerprint density at radius 2 is 2.05 bits per heavy atom. The number of hydrogen-bond donors (Lipinski definition) is 3. The molecule has 0 spiro atoms. The maximum atomic E-state index is 13.4. The Bertz CT molecular complexity index is 1130. The van der Waals surface area contributed by atoms with Crippen molar-refractivity contribution in [3.8, 4) is 16.2 Å². The third-order valence-electron chi connectivity index (χ3n) is 6.19. The summed E-state index contributed by atoms with van der Waals surface area (Å²) in [6.45, 7) is 9.31. The number of amides is 3. The molecule has 1 aromatic carbocycles. The van der Waals surface area contributed by atoms with E-state index in [0.717, 1.165) is 21.7 Å². The number of carbonyl (C=O) groups is 3. The van der Waals surface area contributed by atoms with E-state index in [9.17, 15) is 19.5 Å². The second-order valence-electron chi connectivity index (χ2n) is 10.2. The van der Waals surface area contributed by atoms with Crippen molar-refractivity contribution in [2.45, 2.75) is 65.8 Å². The topological polar surface area (TPSA) is 121 Å². The number of hydrogen-bond acceptors (Lipinski definition) is 7. The summed E-state index contributed by atoms with van der Waals surface area (Å²) >= 11 is 7.38. The minimum atomic E-state index is -0.854. The average Bonchev–Trinajstić information content (AvgIpc) is 3.44. The van der Waals surface area contributed by atoms with Gasteiger partial charge in [-0.2, -0.15) is 0 Å². The quantitative estimate of drug-likeness (QED) is 0.413. The zero-order valence-electron chi connectivity index (χ0n) is 21.8. The van der Waals surface area contributed by atoms with E-state index >= 15 is 0 Å². The van der Waals surface area contributed by atoms with Crippen LogP contribution in [0.25, 0.3) is 10.4 Å². The number of nitrogens with zero attached hydrogens (tertiary/aromatic N) is 2. The van der Waals surface area contributed by atoms with Gasteiger partial charge in [-0.3, -0.25) is 14.4 Å². The summed E-state index contributed by atoms with van der Waals surface area (Å²) < 4.78 is 5.86. The third kappa shape index (κ3) is 7.21. The van der Waals surface area contributed by atoms with Crippen molar-refractivity contribution in [2.24, 2.45) is 5.41 Å². The van der Waals surface area contributed by atoms with E-state index in [0.29, 0.717) is 18.2 Å². The van der Waals surface area contributed by atoms with Crippen LogP contribution in [-0.4, -0.2) is 69.9 Å². The minimum absolute atomic E-state index is 0.0239. The van der Waals surface area contributed by atoms with Crippen LogP contribution < -0.4 is 15.4 Å². The lowest BCUT2D eigenvalue weighted by Gasteiger charge is -2.35. The van der Waals surface area contributed by atoms with Crippen LogP contribution in [0.5, 0.6) is 5.75 Å². The molecule has 0 radical (unpaired) electrons. The normalized spacial score (nSPS) is 18.4. The molecule has 0 saturated carbocycles. The number of aliphatic hydroxyl groups excluding tert-OH is 1. The van der Waals surface area contributed by atoms with Crippen molar-refractivity contribution < 1.29 is 24.2 Å². The zero-order valence-corrected chi connectivity index (χ0v) is 23.4. The van der Waals surface area contributed by atoms with Gasteiger partial charge >= 0.3 is 0 Å². The van der Waals surface area contributed by atoms with Gasteiger partial charge in [-0.25, -0.2) is 4.98 Å². The van der Waals surface area contributed by atoms with E-state index in [1.165, 1.54) is 23.2 Å². The third-order valence-corrected chi connectivity index (χ3v) is 7.32. The molecule has 3 rings (SSSR count). The lowest BCUT2D eigenvalue weighted by atomic mass is 9.85. The molecule has 1 saturated heterocycles. The molecule has 37 heavy (non-hydrogen) atoms. The van der Waals surface area contributed by atoms with Crippen molar-refractivity contribution in [1.29, 1.82) is 0 Å². The monoisotopic (exact) mass is 550 g/mol. The van der Waals surface area contributed by atoms with Crippen molar-refractivity contribution in [2.75, 3.05) is 19.0 Å². The van der Waals surface area contributed by atoms with Crippen LogP contribution in [-0.2, 0) is 20.9 Å². The lowest BCUT2D eigenvalue weighted by molar-refractivity contribution is -0.143. The predicted molar refractivity (Wildman–Crippen MR) is 144 cm³/mol. The molecule has 3 amide bonds. The van der Waals surface area contributed by atoms with Crippen molar-refractivity contribution in [3.05, 3.63) is 35.0 Å². The van der Waals surface area contributed by atoms with Crippen LogP contribution in [0, 0.1) is 12.3 Å². The molecule has 202 valence electrons. The summed E-state index contributed by atoms with van der Waals surface area (Å²) in [5, 5.41) is 15.9. The summed E-state index contributed by atoms with van der Waals surface area (Å²) in [6.07, 6.45) is -0.713. The number of β-amino-alcohol motifs (C(OH)–C–C–N with tert-alkyl or cyclic N) is 1. The first-order chi connectivity index (χ1) is 17.4. The van der Waals surface area contributed by atoms with Gasteiger partial charge in [-0.15, -0.1) is 22.9 Å². The number of ether oxygens (including phenoxy) is 1.